The molecule has 0 aromatic carbocycles. The quantitative estimate of drug-likeness (QED) is 0.883. The number of urea groups is 1. The Bertz CT molecular complexity index is 526. The monoisotopic (exact) mass is 338 g/mol. The summed E-state index contributed by atoms with van der Waals surface area (Å²) in [4.78, 5) is 20.7. The van der Waals surface area contributed by atoms with Gasteiger partial charge in [-0.2, -0.15) is 0 Å². The Balaban J connectivity index is 1.78. The van der Waals surface area contributed by atoms with E-state index in [4.69, 9.17) is 0 Å². The van der Waals surface area contributed by atoms with Crippen LogP contribution in [0.3, 0.4) is 0 Å². The van der Waals surface area contributed by atoms with Crippen LogP contribution < -0.4 is 10.2 Å². The lowest BCUT2D eigenvalue weighted by Crippen LogP contribution is -2.42. The normalized spacial score (nSPS) is 18.2. The van der Waals surface area contributed by atoms with Crippen LogP contribution in [-0.2, 0) is 10.8 Å². The van der Waals surface area contributed by atoms with E-state index in [1.54, 1.807) is 12.5 Å². The lowest BCUT2D eigenvalue weighted by molar-refractivity contribution is 0.201. The molecule has 2 atom stereocenters. The number of anilines is 1. The summed E-state index contributed by atoms with van der Waals surface area (Å²) in [5, 5.41) is 3.05. The molecule has 2 unspecified atom stereocenters. The van der Waals surface area contributed by atoms with Crippen LogP contribution in [0.25, 0.3) is 0 Å². The fourth-order valence-corrected chi connectivity index (χ4v) is 3.00. The van der Waals surface area contributed by atoms with Crippen LogP contribution in [0.4, 0.5) is 10.6 Å². The summed E-state index contributed by atoms with van der Waals surface area (Å²) in [7, 11) is -0.837. The molecule has 7 heteroatoms. The van der Waals surface area contributed by atoms with Crippen LogP contribution in [0.5, 0.6) is 0 Å². The van der Waals surface area contributed by atoms with Gasteiger partial charge in [-0.1, -0.05) is 13.0 Å². The molecule has 0 bridgehead atoms. The van der Waals surface area contributed by atoms with Gasteiger partial charge in [-0.15, -0.1) is 0 Å². The molecule has 1 N–H and O–H groups in total. The molecule has 0 aliphatic carbocycles. The number of amides is 2. The number of nitrogens with zero attached hydrogens (tertiary/aromatic N) is 3. The molecule has 1 aliphatic rings. The highest BCUT2D eigenvalue weighted by Crippen LogP contribution is 2.12. The van der Waals surface area contributed by atoms with E-state index in [-0.39, 0.29) is 11.3 Å². The highest BCUT2D eigenvalue weighted by Gasteiger charge is 2.19. The minimum atomic E-state index is -0.837. The van der Waals surface area contributed by atoms with Crippen LogP contribution in [0.1, 0.15) is 19.8 Å². The molecule has 23 heavy (non-hydrogen) atoms. The molecule has 0 saturated carbocycles. The lowest BCUT2D eigenvalue weighted by atomic mass is 10.3. The fraction of sp³-hybridized carbons (Fsp3) is 0.625. The van der Waals surface area contributed by atoms with Gasteiger partial charge in [-0.3, -0.25) is 4.21 Å². The first-order valence-electron chi connectivity index (χ1n) is 8.09. The van der Waals surface area contributed by atoms with Crippen molar-refractivity contribution in [3.63, 3.8) is 0 Å². The Hall–Kier alpha value is -1.63. The average molecular weight is 338 g/mol. The summed E-state index contributed by atoms with van der Waals surface area (Å²) in [6.07, 6.45) is 5.17. The minimum absolute atomic E-state index is 0.0260. The molecule has 1 aliphatic heterocycles. The maximum absolute atomic E-state index is 12.3. The maximum atomic E-state index is 12.3. The van der Waals surface area contributed by atoms with Gasteiger partial charge in [0.25, 0.3) is 0 Å². The van der Waals surface area contributed by atoms with Gasteiger partial charge in [0.1, 0.15) is 5.82 Å². The Labute approximate surface area is 140 Å². The van der Waals surface area contributed by atoms with Crippen molar-refractivity contribution in [2.24, 2.45) is 0 Å². The highest BCUT2D eigenvalue weighted by atomic mass is 32.2. The van der Waals surface area contributed by atoms with Gasteiger partial charge in [0.05, 0.1) is 0 Å². The van der Waals surface area contributed by atoms with Gasteiger partial charge in [-0.25, -0.2) is 9.78 Å². The number of aromatic nitrogens is 1. The van der Waals surface area contributed by atoms with E-state index in [1.165, 1.54) is 0 Å². The predicted octanol–water partition coefficient (Wildman–Crippen LogP) is 1.46. The van der Waals surface area contributed by atoms with E-state index >= 15 is 0 Å². The molecular formula is C16H26N4O2S. The Morgan fingerprint density at radius 1 is 1.35 bits per heavy atom. The largest absolute Gasteiger partial charge is 0.355 e. The number of pyridine rings is 1. The molecule has 1 aromatic heterocycles. The smallest absolute Gasteiger partial charge is 0.317 e. The second-order valence-electron chi connectivity index (χ2n) is 5.85. The van der Waals surface area contributed by atoms with Gasteiger partial charge < -0.3 is 15.1 Å². The molecule has 2 amide bonds. The van der Waals surface area contributed by atoms with Crippen LogP contribution >= 0.6 is 0 Å². The summed E-state index contributed by atoms with van der Waals surface area (Å²) < 4.78 is 11.3. The second kappa shape index (κ2) is 8.86. The topological polar surface area (TPSA) is 65.5 Å². The number of rotatable bonds is 5. The molecule has 1 aromatic rings. The Morgan fingerprint density at radius 2 is 2.17 bits per heavy atom. The van der Waals surface area contributed by atoms with Gasteiger partial charge >= 0.3 is 6.03 Å². The molecule has 2 heterocycles. The molecule has 0 spiro atoms. The third-order valence-corrected chi connectivity index (χ3v) is 5.52. The van der Waals surface area contributed by atoms with Gasteiger partial charge in [0.2, 0.25) is 0 Å². The summed E-state index contributed by atoms with van der Waals surface area (Å²) in [5.74, 6) is 0.967. The third kappa shape index (κ3) is 5.49. The van der Waals surface area contributed by atoms with Gasteiger partial charge in [0.15, 0.2) is 0 Å². The van der Waals surface area contributed by atoms with Crippen molar-refractivity contribution in [3.05, 3.63) is 24.4 Å². The molecule has 2 rings (SSSR count). The van der Waals surface area contributed by atoms with Crippen molar-refractivity contribution in [1.29, 1.82) is 0 Å². The zero-order valence-corrected chi connectivity index (χ0v) is 14.7. The van der Waals surface area contributed by atoms with E-state index in [1.807, 2.05) is 30.0 Å². The standard InChI is InChI=1S/C16H26N4O2S/c1-14(23(2)22)7-9-18-16(21)20-11-5-10-19(12-13-20)15-6-3-4-8-17-15/h3-4,6,8,14H,5,7,9-13H2,1-2H3,(H,18,21). The predicted molar refractivity (Wildman–Crippen MR) is 94.2 cm³/mol. The van der Waals surface area contributed by atoms with E-state index in [0.717, 1.165) is 38.3 Å². The summed E-state index contributed by atoms with van der Waals surface area (Å²) >= 11 is 0. The molecular weight excluding hydrogens is 312 g/mol. The van der Waals surface area contributed by atoms with E-state index in [2.05, 4.69) is 15.2 Å². The average Bonchev–Trinajstić information content (AvgIpc) is 2.81. The van der Waals surface area contributed by atoms with Crippen LogP contribution in [-0.4, -0.2) is 64.4 Å². The summed E-state index contributed by atoms with van der Waals surface area (Å²) in [6.45, 7) is 5.66. The first-order valence-corrected chi connectivity index (χ1v) is 9.71. The Morgan fingerprint density at radius 3 is 2.87 bits per heavy atom. The molecule has 6 nitrogen and oxygen atoms in total. The third-order valence-electron chi connectivity index (χ3n) is 4.15. The van der Waals surface area contributed by atoms with Gasteiger partial charge in [-0.05, 0) is 25.0 Å². The van der Waals surface area contributed by atoms with Crippen molar-refractivity contribution >= 4 is 22.6 Å². The molecule has 1 fully saturated rings. The number of carbonyl (C=O) groups excluding carboxylic acids is 1. The SMILES string of the molecule is CC(CCNC(=O)N1CCCN(c2ccccn2)CC1)S(C)=O. The van der Waals surface area contributed by atoms with Crippen LogP contribution in [0.2, 0.25) is 0 Å². The van der Waals surface area contributed by atoms with Crippen molar-refractivity contribution in [1.82, 2.24) is 15.2 Å². The molecule has 1 saturated heterocycles. The zero-order valence-electron chi connectivity index (χ0n) is 13.9. The number of carbonyl (C=O) groups is 1. The fourth-order valence-electron chi connectivity index (χ4n) is 2.55. The zero-order chi connectivity index (χ0) is 16.7. The first-order chi connectivity index (χ1) is 11.1. The minimum Gasteiger partial charge on any atom is -0.355 e. The van der Waals surface area contributed by atoms with Crippen LogP contribution in [0, 0.1) is 0 Å². The van der Waals surface area contributed by atoms with E-state index in [9.17, 15) is 9.00 Å². The number of nitrogens with one attached hydrogen (secondary N) is 1. The molecule has 128 valence electrons. The lowest BCUT2D eigenvalue weighted by Gasteiger charge is -2.23. The van der Waals surface area contributed by atoms with E-state index < -0.39 is 10.8 Å². The van der Waals surface area contributed by atoms with E-state index in [0.29, 0.717) is 13.1 Å². The summed E-state index contributed by atoms with van der Waals surface area (Å²) in [5.41, 5.74) is 0. The Kier molecular flexibility index (Phi) is 6.83. The maximum Gasteiger partial charge on any atom is 0.317 e. The summed E-state index contributed by atoms with van der Waals surface area (Å²) in [6, 6.07) is 5.87. The molecule has 0 radical (unpaired) electrons. The number of hydrogen-bond acceptors (Lipinski definition) is 4. The van der Waals surface area contributed by atoms with Crippen molar-refractivity contribution in [2.45, 2.75) is 25.0 Å². The highest BCUT2D eigenvalue weighted by molar-refractivity contribution is 7.84. The first kappa shape index (κ1) is 17.7. The second-order valence-corrected chi connectivity index (χ2v) is 7.65. The number of hydrogen-bond donors (Lipinski definition) is 1. The van der Waals surface area contributed by atoms with Crippen LogP contribution in [0.15, 0.2) is 24.4 Å². The van der Waals surface area contributed by atoms with Crippen molar-refractivity contribution < 1.29 is 9.00 Å². The van der Waals surface area contributed by atoms with Crippen molar-refractivity contribution in [3.8, 4) is 0 Å². The van der Waals surface area contributed by atoms with Gasteiger partial charge in [0, 0.05) is 61.2 Å². The van der Waals surface area contributed by atoms with Crippen molar-refractivity contribution in [2.75, 3.05) is 43.9 Å².